The molecule has 30 heavy (non-hydrogen) atoms. The van der Waals surface area contributed by atoms with E-state index in [2.05, 4.69) is 0 Å². The van der Waals surface area contributed by atoms with E-state index >= 15 is 0 Å². The normalized spacial score (nSPS) is 20.8. The number of hydrogen-bond acceptors (Lipinski definition) is 8. The molecule has 0 bridgehead atoms. The van der Waals surface area contributed by atoms with Crippen LogP contribution in [0.1, 0.15) is 32.8 Å². The van der Waals surface area contributed by atoms with E-state index in [9.17, 15) is 14.4 Å². The van der Waals surface area contributed by atoms with Crippen LogP contribution < -0.4 is 4.74 Å². The van der Waals surface area contributed by atoms with E-state index < -0.39 is 41.7 Å². The highest BCUT2D eigenvalue weighted by molar-refractivity contribution is 5.84. The minimum atomic E-state index is -1.08. The number of ether oxygens (including phenoxy) is 4. The van der Waals surface area contributed by atoms with Crippen LogP contribution in [0.4, 0.5) is 4.79 Å². The van der Waals surface area contributed by atoms with Crippen LogP contribution >= 0.6 is 0 Å². The second kappa shape index (κ2) is 9.48. The number of carbonyl (C=O) groups excluding carboxylic acids is 3. The zero-order chi connectivity index (χ0) is 22.5. The van der Waals surface area contributed by atoms with Gasteiger partial charge in [-0.25, -0.2) is 9.59 Å². The Balaban J connectivity index is 2.36. The molecule has 1 amide bonds. The van der Waals surface area contributed by atoms with Gasteiger partial charge in [0.25, 0.3) is 0 Å². The lowest BCUT2D eigenvalue weighted by atomic mass is 9.94. The molecule has 2 rings (SSSR count). The van der Waals surface area contributed by atoms with Crippen molar-refractivity contribution in [2.24, 2.45) is 5.92 Å². The maximum absolute atomic E-state index is 12.8. The van der Waals surface area contributed by atoms with Gasteiger partial charge in [-0.2, -0.15) is 5.26 Å². The number of esters is 2. The lowest BCUT2D eigenvalue weighted by Crippen LogP contribution is -2.46. The summed E-state index contributed by atoms with van der Waals surface area (Å²) in [4.78, 5) is 38.5. The molecule has 1 aliphatic rings. The monoisotopic (exact) mass is 418 g/mol. The van der Waals surface area contributed by atoms with Crippen molar-refractivity contribution < 1.29 is 33.3 Å². The summed E-state index contributed by atoms with van der Waals surface area (Å²) in [7, 11) is 2.45. The molecular weight excluding hydrogens is 392 g/mol. The smallest absolute Gasteiger partial charge is 0.411 e. The topological polar surface area (TPSA) is 115 Å². The van der Waals surface area contributed by atoms with Crippen molar-refractivity contribution in [2.45, 2.75) is 44.9 Å². The van der Waals surface area contributed by atoms with Gasteiger partial charge in [0.05, 0.1) is 38.8 Å². The van der Waals surface area contributed by atoms with Gasteiger partial charge in [-0.05, 0) is 45.0 Å². The molecule has 9 nitrogen and oxygen atoms in total. The van der Waals surface area contributed by atoms with Gasteiger partial charge in [0.2, 0.25) is 0 Å². The molecule has 3 atom stereocenters. The quantitative estimate of drug-likeness (QED) is 0.528. The summed E-state index contributed by atoms with van der Waals surface area (Å²) < 4.78 is 21.1. The number of benzene rings is 1. The first kappa shape index (κ1) is 23.0. The van der Waals surface area contributed by atoms with Gasteiger partial charge in [-0.15, -0.1) is 0 Å². The van der Waals surface area contributed by atoms with E-state index in [0.717, 1.165) is 0 Å². The van der Waals surface area contributed by atoms with E-state index in [1.807, 2.05) is 6.07 Å². The Labute approximate surface area is 175 Å². The van der Waals surface area contributed by atoms with Crippen molar-refractivity contribution in [1.82, 2.24) is 4.90 Å². The lowest BCUT2D eigenvalue weighted by Gasteiger charge is -2.28. The second-order valence-corrected chi connectivity index (χ2v) is 7.84. The minimum Gasteiger partial charge on any atom is -0.488 e. The molecule has 1 fully saturated rings. The largest absolute Gasteiger partial charge is 0.488 e. The van der Waals surface area contributed by atoms with Crippen LogP contribution in [0.25, 0.3) is 0 Å². The number of methoxy groups -OCH3 is 2. The van der Waals surface area contributed by atoms with E-state index in [1.165, 1.54) is 19.1 Å². The molecule has 162 valence electrons. The van der Waals surface area contributed by atoms with Gasteiger partial charge in [0.15, 0.2) is 0 Å². The Bertz CT molecular complexity index is 823. The van der Waals surface area contributed by atoms with Gasteiger partial charge in [-0.3, -0.25) is 9.69 Å². The molecule has 1 saturated heterocycles. The van der Waals surface area contributed by atoms with Gasteiger partial charge in [0.1, 0.15) is 23.5 Å². The van der Waals surface area contributed by atoms with Crippen LogP contribution in [0.3, 0.4) is 0 Å². The van der Waals surface area contributed by atoms with Crippen LogP contribution in [-0.4, -0.2) is 61.4 Å². The van der Waals surface area contributed by atoms with Gasteiger partial charge in [0, 0.05) is 5.92 Å². The molecule has 0 radical (unpaired) electrons. The number of rotatable bonds is 5. The fourth-order valence-corrected chi connectivity index (χ4v) is 3.24. The van der Waals surface area contributed by atoms with Gasteiger partial charge in [-0.1, -0.05) is 0 Å². The third kappa shape index (κ3) is 5.63. The highest BCUT2D eigenvalue weighted by atomic mass is 16.6. The summed E-state index contributed by atoms with van der Waals surface area (Å²) in [5, 5.41) is 8.94. The fraction of sp³-hybridized carbons (Fsp3) is 0.524. The Hall–Kier alpha value is -3.28. The first-order valence-electron chi connectivity index (χ1n) is 9.40. The third-order valence-corrected chi connectivity index (χ3v) is 4.57. The van der Waals surface area contributed by atoms with Crippen LogP contribution in [0, 0.1) is 17.2 Å². The van der Waals surface area contributed by atoms with Crippen molar-refractivity contribution in [2.75, 3.05) is 20.8 Å². The average Bonchev–Trinajstić information content (AvgIpc) is 3.04. The van der Waals surface area contributed by atoms with E-state index in [0.29, 0.717) is 11.3 Å². The molecular formula is C21H26N2O7. The maximum Gasteiger partial charge on any atom is 0.411 e. The molecule has 9 heteroatoms. The highest BCUT2D eigenvalue weighted by Gasteiger charge is 2.51. The van der Waals surface area contributed by atoms with Crippen LogP contribution in [-0.2, 0) is 23.8 Å². The molecule has 0 aliphatic carbocycles. The van der Waals surface area contributed by atoms with E-state index in [1.54, 1.807) is 45.0 Å². The molecule has 0 N–H and O–H groups in total. The van der Waals surface area contributed by atoms with Gasteiger partial charge < -0.3 is 18.9 Å². The second-order valence-electron chi connectivity index (χ2n) is 7.84. The zero-order valence-electron chi connectivity index (χ0n) is 17.7. The van der Waals surface area contributed by atoms with Gasteiger partial charge >= 0.3 is 18.0 Å². The third-order valence-electron chi connectivity index (χ3n) is 4.57. The van der Waals surface area contributed by atoms with Crippen molar-refractivity contribution in [1.29, 1.82) is 5.26 Å². The standard InChI is InChI=1S/C21H26N2O7/c1-21(2,3)30-20(26)23-12-16(29-14-8-6-13(11-22)7-9-14)15(10-17(24)27-4)18(23)19(25)28-5/h6-9,15-16,18H,10,12H2,1-5H3/t15-,16+,18-/m0/s1. The molecule has 0 aromatic heterocycles. The molecule has 1 aromatic rings. The summed E-state index contributed by atoms with van der Waals surface area (Å²) in [5.41, 5.74) is -0.315. The van der Waals surface area contributed by atoms with Crippen molar-refractivity contribution >= 4 is 18.0 Å². The molecule has 0 spiro atoms. The number of likely N-dealkylation sites (tertiary alicyclic amines) is 1. The SMILES string of the molecule is COC(=O)C[C@@H]1[C@@H](C(=O)OC)N(C(=O)OC(C)(C)C)C[C@H]1Oc1ccc(C#N)cc1. The molecule has 1 aromatic carbocycles. The van der Waals surface area contributed by atoms with Crippen LogP contribution in [0.2, 0.25) is 0 Å². The summed E-state index contributed by atoms with van der Waals surface area (Å²) in [6, 6.07) is 7.33. The van der Waals surface area contributed by atoms with Crippen molar-refractivity contribution in [3.05, 3.63) is 29.8 Å². The Morgan fingerprint density at radius 2 is 1.77 bits per heavy atom. The van der Waals surface area contributed by atoms with E-state index in [4.69, 9.17) is 24.2 Å². The first-order chi connectivity index (χ1) is 14.1. The minimum absolute atomic E-state index is 0.0103. The molecule has 0 unspecified atom stereocenters. The maximum atomic E-state index is 12.8. The number of carbonyl (C=O) groups is 3. The lowest BCUT2D eigenvalue weighted by molar-refractivity contribution is -0.149. The summed E-state index contributed by atoms with van der Waals surface area (Å²) in [6.45, 7) is 5.15. The molecule has 1 aliphatic heterocycles. The predicted molar refractivity (Wildman–Crippen MR) is 104 cm³/mol. The number of nitrogens with zero attached hydrogens (tertiary/aromatic N) is 2. The highest BCUT2D eigenvalue weighted by Crippen LogP contribution is 2.33. The summed E-state index contributed by atoms with van der Waals surface area (Å²) in [6.07, 6.45) is -1.57. The Kier molecular flexibility index (Phi) is 7.27. The zero-order valence-corrected chi connectivity index (χ0v) is 17.7. The Morgan fingerprint density at radius 1 is 1.13 bits per heavy atom. The first-order valence-corrected chi connectivity index (χ1v) is 9.40. The Morgan fingerprint density at radius 3 is 2.27 bits per heavy atom. The average molecular weight is 418 g/mol. The number of hydrogen-bond donors (Lipinski definition) is 0. The van der Waals surface area contributed by atoms with Crippen molar-refractivity contribution in [3.63, 3.8) is 0 Å². The molecule has 0 saturated carbocycles. The van der Waals surface area contributed by atoms with Crippen LogP contribution in [0.5, 0.6) is 5.75 Å². The predicted octanol–water partition coefficient (Wildman–Crippen LogP) is 2.28. The number of nitriles is 1. The number of amides is 1. The fourth-order valence-electron chi connectivity index (χ4n) is 3.24. The molecule has 1 heterocycles. The van der Waals surface area contributed by atoms with E-state index in [-0.39, 0.29) is 13.0 Å². The van der Waals surface area contributed by atoms with Crippen LogP contribution in [0.15, 0.2) is 24.3 Å². The summed E-state index contributed by atoms with van der Waals surface area (Å²) in [5.74, 6) is -1.51. The summed E-state index contributed by atoms with van der Waals surface area (Å²) >= 11 is 0. The van der Waals surface area contributed by atoms with Crippen molar-refractivity contribution in [3.8, 4) is 11.8 Å².